The molecule has 2 aromatic rings. The highest BCUT2D eigenvalue weighted by atomic mass is 32.1. The molecule has 0 aliphatic heterocycles. The van der Waals surface area contributed by atoms with Gasteiger partial charge in [0, 0.05) is 6.07 Å². The van der Waals surface area contributed by atoms with Gasteiger partial charge in [-0.3, -0.25) is 0 Å². The van der Waals surface area contributed by atoms with Crippen LogP contribution in [0.2, 0.25) is 0 Å². The Kier molecular flexibility index (Phi) is 2.20. The second-order valence-electron chi connectivity index (χ2n) is 2.82. The first kappa shape index (κ1) is 9.72. The average Bonchev–Trinajstić information content (AvgIpc) is 2.55. The van der Waals surface area contributed by atoms with Crippen LogP contribution in [0.3, 0.4) is 0 Å². The maximum Gasteiger partial charge on any atom is 0.351 e. The summed E-state index contributed by atoms with van der Waals surface area (Å²) >= 11 is 1.24. The van der Waals surface area contributed by atoms with Gasteiger partial charge >= 0.3 is 11.6 Å². The first-order valence-corrected chi connectivity index (χ1v) is 4.85. The molecule has 0 aromatic carbocycles. The Labute approximate surface area is 88.1 Å². The van der Waals surface area contributed by atoms with E-state index < -0.39 is 11.6 Å². The molecule has 0 aliphatic carbocycles. The van der Waals surface area contributed by atoms with Gasteiger partial charge in [0.25, 0.3) is 0 Å². The van der Waals surface area contributed by atoms with Crippen LogP contribution in [0.15, 0.2) is 21.3 Å². The van der Waals surface area contributed by atoms with Crippen LogP contribution in [-0.4, -0.2) is 13.1 Å². The molecule has 0 atom stereocenters. The van der Waals surface area contributed by atoms with Gasteiger partial charge < -0.3 is 14.9 Å². The van der Waals surface area contributed by atoms with E-state index in [9.17, 15) is 9.59 Å². The fourth-order valence-electron chi connectivity index (χ4n) is 1.18. The van der Waals surface area contributed by atoms with E-state index in [4.69, 9.17) is 10.2 Å². The largest absolute Gasteiger partial charge is 0.465 e. The highest BCUT2D eigenvalue weighted by Crippen LogP contribution is 2.26. The summed E-state index contributed by atoms with van der Waals surface area (Å²) in [4.78, 5) is 22.5. The van der Waals surface area contributed by atoms with Gasteiger partial charge in [0.05, 0.1) is 16.8 Å². The lowest BCUT2D eigenvalue weighted by atomic mass is 10.3. The topological polar surface area (TPSA) is 82.5 Å². The van der Waals surface area contributed by atoms with Gasteiger partial charge in [0.2, 0.25) is 0 Å². The first-order valence-electron chi connectivity index (χ1n) is 4.03. The predicted molar refractivity (Wildman–Crippen MR) is 56.1 cm³/mol. The quantitative estimate of drug-likeness (QED) is 0.738. The molecule has 0 spiro atoms. The van der Waals surface area contributed by atoms with E-state index in [1.807, 2.05) is 0 Å². The summed E-state index contributed by atoms with van der Waals surface area (Å²) in [6.07, 6.45) is 0. The van der Waals surface area contributed by atoms with Crippen molar-refractivity contribution >= 4 is 32.6 Å². The summed E-state index contributed by atoms with van der Waals surface area (Å²) in [5.74, 6) is -0.711. The molecule has 2 N–H and O–H groups in total. The van der Waals surface area contributed by atoms with E-state index in [0.29, 0.717) is 15.3 Å². The summed E-state index contributed by atoms with van der Waals surface area (Å²) in [6.45, 7) is 0. The minimum absolute atomic E-state index is 0.119. The van der Waals surface area contributed by atoms with E-state index in [1.165, 1.54) is 24.5 Å². The van der Waals surface area contributed by atoms with Crippen LogP contribution in [0.25, 0.3) is 10.3 Å². The Morgan fingerprint density at radius 3 is 2.93 bits per heavy atom. The zero-order valence-electron chi connectivity index (χ0n) is 7.77. The highest BCUT2D eigenvalue weighted by Gasteiger charge is 2.14. The minimum atomic E-state index is -0.716. The average molecular weight is 225 g/mol. The molecule has 0 amide bonds. The lowest BCUT2D eigenvalue weighted by molar-refractivity contribution is 0.0596. The van der Waals surface area contributed by atoms with Gasteiger partial charge in [0.15, 0.2) is 5.58 Å². The van der Waals surface area contributed by atoms with Crippen molar-refractivity contribution in [1.82, 2.24) is 0 Å². The van der Waals surface area contributed by atoms with Gasteiger partial charge in [-0.2, -0.15) is 0 Å². The van der Waals surface area contributed by atoms with Gasteiger partial charge in [-0.25, -0.2) is 9.59 Å². The van der Waals surface area contributed by atoms with Crippen LogP contribution in [0.1, 0.15) is 10.4 Å². The Hall–Kier alpha value is -1.82. The number of carbonyl (C=O) groups is 1. The number of anilines is 1. The molecule has 0 unspecified atom stereocenters. The monoisotopic (exact) mass is 225 g/mol. The van der Waals surface area contributed by atoms with Gasteiger partial charge in [0.1, 0.15) is 5.56 Å². The lowest BCUT2D eigenvalue weighted by Gasteiger charge is -1.96. The Morgan fingerprint density at radius 2 is 2.27 bits per heavy atom. The van der Waals surface area contributed by atoms with Crippen molar-refractivity contribution in [1.29, 1.82) is 0 Å². The van der Waals surface area contributed by atoms with E-state index in [1.54, 1.807) is 6.07 Å². The van der Waals surface area contributed by atoms with E-state index >= 15 is 0 Å². The number of thiophene rings is 1. The zero-order valence-corrected chi connectivity index (χ0v) is 8.59. The van der Waals surface area contributed by atoms with Crippen molar-refractivity contribution in [3.8, 4) is 0 Å². The third-order valence-corrected chi connectivity index (χ3v) is 2.74. The van der Waals surface area contributed by atoms with Crippen LogP contribution in [0.4, 0.5) is 5.00 Å². The second-order valence-corrected chi connectivity index (χ2v) is 3.93. The number of rotatable bonds is 1. The van der Waals surface area contributed by atoms with Crippen molar-refractivity contribution in [2.45, 2.75) is 0 Å². The van der Waals surface area contributed by atoms with Crippen LogP contribution in [0.5, 0.6) is 0 Å². The molecule has 0 bridgehead atoms. The van der Waals surface area contributed by atoms with Crippen molar-refractivity contribution in [3.05, 3.63) is 28.1 Å². The number of nitrogens with two attached hydrogens (primary N) is 1. The summed E-state index contributed by atoms with van der Waals surface area (Å²) in [6, 6.07) is 2.97. The maximum atomic E-state index is 11.3. The number of esters is 1. The van der Waals surface area contributed by atoms with E-state index in [0.717, 1.165) is 0 Å². The smallest absolute Gasteiger partial charge is 0.351 e. The summed E-state index contributed by atoms with van der Waals surface area (Å²) in [7, 11) is 1.20. The van der Waals surface area contributed by atoms with Crippen LogP contribution >= 0.6 is 11.3 Å². The summed E-state index contributed by atoms with van der Waals surface area (Å²) in [5, 5.41) is 0.523. The summed E-state index contributed by atoms with van der Waals surface area (Å²) < 4.78 is 10.0. The molecular weight excluding hydrogens is 218 g/mol. The third-order valence-electron chi connectivity index (χ3n) is 1.85. The fourth-order valence-corrected chi connectivity index (χ4v) is 1.98. The molecule has 2 heterocycles. The predicted octanol–water partition coefficient (Wildman–Crippen LogP) is 1.22. The second kappa shape index (κ2) is 3.39. The molecule has 78 valence electrons. The Morgan fingerprint density at radius 1 is 1.53 bits per heavy atom. The zero-order chi connectivity index (χ0) is 11.0. The molecule has 0 fully saturated rings. The van der Waals surface area contributed by atoms with Crippen LogP contribution in [-0.2, 0) is 4.74 Å². The molecule has 2 rings (SSSR count). The molecule has 0 radical (unpaired) electrons. The standard InChI is InChI=1S/C9H7NO4S/c1-13-8(11)4-2-6-5(14-9(4)12)3-7(10)15-6/h2-3H,10H2,1H3. The molecule has 2 aromatic heterocycles. The molecule has 0 aliphatic rings. The molecule has 0 saturated carbocycles. The van der Waals surface area contributed by atoms with E-state index in [-0.39, 0.29) is 5.56 Å². The van der Waals surface area contributed by atoms with Gasteiger partial charge in [-0.15, -0.1) is 11.3 Å². The summed E-state index contributed by atoms with van der Waals surface area (Å²) in [5.41, 5.74) is 5.09. The lowest BCUT2D eigenvalue weighted by Crippen LogP contribution is -2.14. The highest BCUT2D eigenvalue weighted by molar-refractivity contribution is 7.22. The fraction of sp³-hybridized carbons (Fsp3) is 0.111. The maximum absolute atomic E-state index is 11.3. The number of fused-ring (bicyclic) bond motifs is 1. The van der Waals surface area contributed by atoms with E-state index in [2.05, 4.69) is 4.74 Å². The number of hydrogen-bond acceptors (Lipinski definition) is 6. The van der Waals surface area contributed by atoms with Crippen molar-refractivity contribution in [2.24, 2.45) is 0 Å². The molecule has 5 nitrogen and oxygen atoms in total. The van der Waals surface area contributed by atoms with Crippen LogP contribution in [0, 0.1) is 0 Å². The van der Waals surface area contributed by atoms with Gasteiger partial charge in [-0.05, 0) is 6.07 Å². The van der Waals surface area contributed by atoms with Crippen molar-refractivity contribution in [2.75, 3.05) is 12.8 Å². The molecule has 0 saturated heterocycles. The SMILES string of the molecule is COC(=O)c1cc2sc(N)cc2oc1=O. The minimum Gasteiger partial charge on any atom is -0.465 e. The molecule has 15 heavy (non-hydrogen) atoms. The number of hydrogen-bond donors (Lipinski definition) is 1. The van der Waals surface area contributed by atoms with Crippen molar-refractivity contribution < 1.29 is 13.9 Å². The Balaban J connectivity index is 2.71. The third kappa shape index (κ3) is 1.59. The molecule has 6 heteroatoms. The number of carbonyl (C=O) groups excluding carboxylic acids is 1. The molecular formula is C9H7NO4S. The van der Waals surface area contributed by atoms with Crippen LogP contribution < -0.4 is 11.4 Å². The van der Waals surface area contributed by atoms with Gasteiger partial charge in [-0.1, -0.05) is 0 Å². The normalized spacial score (nSPS) is 10.5. The number of methoxy groups -OCH3 is 1. The first-order chi connectivity index (χ1) is 7.11. The number of ether oxygens (including phenoxy) is 1. The number of nitrogen functional groups attached to an aromatic ring is 1. The Bertz CT molecular complexity index is 583. The van der Waals surface area contributed by atoms with Crippen molar-refractivity contribution in [3.63, 3.8) is 0 Å².